The molecule has 1 fully saturated rings. The van der Waals surface area contributed by atoms with E-state index in [1.54, 1.807) is 14.2 Å². The van der Waals surface area contributed by atoms with Gasteiger partial charge >= 0.3 is 0 Å². The molecule has 0 bridgehead atoms. The van der Waals surface area contributed by atoms with E-state index >= 15 is 0 Å². The molecule has 0 spiro atoms. The van der Waals surface area contributed by atoms with Gasteiger partial charge in [0.1, 0.15) is 0 Å². The first-order chi connectivity index (χ1) is 4.79. The summed E-state index contributed by atoms with van der Waals surface area (Å²) in [4.78, 5) is 0. The predicted octanol–water partition coefficient (Wildman–Crippen LogP) is 0.344. The van der Waals surface area contributed by atoms with Crippen LogP contribution in [0.5, 0.6) is 0 Å². The van der Waals surface area contributed by atoms with Gasteiger partial charge in [-0.2, -0.15) is 0 Å². The van der Waals surface area contributed by atoms with Crippen LogP contribution in [-0.4, -0.2) is 26.6 Å². The molecule has 0 heterocycles. The lowest BCUT2D eigenvalue weighted by molar-refractivity contribution is -0.284. The smallest absolute Gasteiger partial charge is 0.171 e. The van der Waals surface area contributed by atoms with Crippen molar-refractivity contribution in [1.82, 2.24) is 0 Å². The van der Waals surface area contributed by atoms with Crippen molar-refractivity contribution in [3.8, 4) is 0 Å². The van der Waals surface area contributed by atoms with Gasteiger partial charge in [-0.15, -0.1) is 0 Å². The minimum absolute atomic E-state index is 0.352. The largest absolute Gasteiger partial charge is 0.353 e. The number of ether oxygens (including phenoxy) is 2. The van der Waals surface area contributed by atoms with Gasteiger partial charge in [0.2, 0.25) is 0 Å². The van der Waals surface area contributed by atoms with Crippen molar-refractivity contribution >= 4 is 0 Å². The molecule has 1 unspecified atom stereocenters. The predicted molar refractivity (Wildman–Crippen MR) is 38.5 cm³/mol. The minimum atomic E-state index is -0.352. The molecule has 0 saturated heterocycles. The highest BCUT2D eigenvalue weighted by molar-refractivity contribution is 4.90. The molecule has 1 aliphatic carbocycles. The molecule has 0 aromatic rings. The Balaban J connectivity index is 2.48. The Morgan fingerprint density at radius 2 is 2.10 bits per heavy atom. The highest BCUT2D eigenvalue weighted by atomic mass is 16.7. The highest BCUT2D eigenvalue weighted by Crippen LogP contribution is 2.40. The zero-order chi connectivity index (χ0) is 7.61. The van der Waals surface area contributed by atoms with E-state index in [9.17, 15) is 0 Å². The van der Waals surface area contributed by atoms with E-state index in [1.807, 2.05) is 0 Å². The molecule has 1 atom stereocenters. The van der Waals surface area contributed by atoms with Gasteiger partial charge in [0.05, 0.1) is 0 Å². The van der Waals surface area contributed by atoms with Crippen molar-refractivity contribution in [3.63, 3.8) is 0 Å². The van der Waals surface area contributed by atoms with Crippen LogP contribution in [0.2, 0.25) is 0 Å². The van der Waals surface area contributed by atoms with E-state index in [-0.39, 0.29) is 5.79 Å². The van der Waals surface area contributed by atoms with Crippen molar-refractivity contribution in [3.05, 3.63) is 0 Å². The van der Waals surface area contributed by atoms with Crippen LogP contribution in [0.4, 0.5) is 0 Å². The lowest BCUT2D eigenvalue weighted by Gasteiger charge is -2.46. The molecule has 60 valence electrons. The maximum absolute atomic E-state index is 5.50. The molecule has 0 aromatic heterocycles. The molecular weight excluding hydrogens is 130 g/mol. The minimum Gasteiger partial charge on any atom is -0.353 e. The van der Waals surface area contributed by atoms with Crippen molar-refractivity contribution in [2.45, 2.75) is 18.6 Å². The lowest BCUT2D eigenvalue weighted by Crippen LogP contribution is -2.53. The summed E-state index contributed by atoms with van der Waals surface area (Å²) in [5, 5.41) is 0. The molecule has 0 radical (unpaired) electrons. The number of nitrogens with two attached hydrogens (primary N) is 1. The molecule has 10 heavy (non-hydrogen) atoms. The standard InChI is InChI=1S/C7H15NO2/c1-9-7(10-2)4-3-6(7)5-8/h6H,3-5,8H2,1-2H3. The first kappa shape index (κ1) is 7.98. The van der Waals surface area contributed by atoms with Crippen LogP contribution in [0.3, 0.4) is 0 Å². The first-order valence-corrected chi connectivity index (χ1v) is 3.59. The fourth-order valence-corrected chi connectivity index (χ4v) is 1.50. The Kier molecular flexibility index (Phi) is 2.28. The van der Waals surface area contributed by atoms with E-state index in [0.717, 1.165) is 12.8 Å². The molecule has 1 rings (SSSR count). The summed E-state index contributed by atoms with van der Waals surface area (Å²) < 4.78 is 10.4. The van der Waals surface area contributed by atoms with E-state index in [1.165, 1.54) is 0 Å². The fraction of sp³-hybridized carbons (Fsp3) is 1.00. The third-order valence-electron chi connectivity index (χ3n) is 2.44. The second kappa shape index (κ2) is 2.86. The summed E-state index contributed by atoms with van der Waals surface area (Å²) in [5.41, 5.74) is 5.50. The van der Waals surface area contributed by atoms with E-state index in [2.05, 4.69) is 0 Å². The molecule has 3 heteroatoms. The summed E-state index contributed by atoms with van der Waals surface area (Å²) in [7, 11) is 3.34. The molecule has 3 nitrogen and oxygen atoms in total. The summed E-state index contributed by atoms with van der Waals surface area (Å²) >= 11 is 0. The van der Waals surface area contributed by atoms with Crippen molar-refractivity contribution in [1.29, 1.82) is 0 Å². The molecule has 1 aliphatic rings. The zero-order valence-corrected chi connectivity index (χ0v) is 6.59. The SMILES string of the molecule is COC1(OC)CCC1CN. The Bertz CT molecular complexity index is 105. The number of hydrogen-bond acceptors (Lipinski definition) is 3. The quantitative estimate of drug-likeness (QED) is 0.582. The van der Waals surface area contributed by atoms with Crippen molar-refractivity contribution in [2.24, 2.45) is 11.7 Å². The second-order valence-corrected chi connectivity index (χ2v) is 2.69. The van der Waals surface area contributed by atoms with Gasteiger partial charge in [0, 0.05) is 33.1 Å². The third-order valence-corrected chi connectivity index (χ3v) is 2.44. The van der Waals surface area contributed by atoms with Crippen LogP contribution in [0, 0.1) is 5.92 Å². The van der Waals surface area contributed by atoms with Gasteiger partial charge in [0.25, 0.3) is 0 Å². The monoisotopic (exact) mass is 145 g/mol. The summed E-state index contributed by atoms with van der Waals surface area (Å²) in [6.07, 6.45) is 2.10. The Hall–Kier alpha value is -0.120. The van der Waals surface area contributed by atoms with E-state index < -0.39 is 0 Å². The molecule has 0 aliphatic heterocycles. The number of methoxy groups -OCH3 is 2. The van der Waals surface area contributed by atoms with Crippen molar-refractivity contribution < 1.29 is 9.47 Å². The summed E-state index contributed by atoms with van der Waals surface area (Å²) in [6, 6.07) is 0. The summed E-state index contributed by atoms with van der Waals surface area (Å²) in [5.74, 6) is 0.0388. The van der Waals surface area contributed by atoms with E-state index in [4.69, 9.17) is 15.2 Å². The molecular formula is C7H15NO2. The number of hydrogen-bond donors (Lipinski definition) is 1. The normalized spacial score (nSPS) is 29.7. The van der Waals surface area contributed by atoms with Gasteiger partial charge in [0.15, 0.2) is 5.79 Å². The van der Waals surface area contributed by atoms with Crippen LogP contribution < -0.4 is 5.73 Å². The maximum Gasteiger partial charge on any atom is 0.171 e. The average molecular weight is 145 g/mol. The molecule has 1 saturated carbocycles. The Morgan fingerprint density at radius 3 is 2.20 bits per heavy atom. The Labute approximate surface area is 61.5 Å². The average Bonchev–Trinajstić information content (AvgIpc) is 1.90. The van der Waals surface area contributed by atoms with Crippen LogP contribution in [0.15, 0.2) is 0 Å². The maximum atomic E-state index is 5.50. The van der Waals surface area contributed by atoms with Gasteiger partial charge in [-0.05, 0) is 6.42 Å². The first-order valence-electron chi connectivity index (χ1n) is 3.59. The van der Waals surface area contributed by atoms with Crippen LogP contribution >= 0.6 is 0 Å². The van der Waals surface area contributed by atoms with Gasteiger partial charge in [-0.1, -0.05) is 0 Å². The topological polar surface area (TPSA) is 44.5 Å². The lowest BCUT2D eigenvalue weighted by atomic mass is 9.78. The van der Waals surface area contributed by atoms with Gasteiger partial charge < -0.3 is 15.2 Å². The van der Waals surface area contributed by atoms with Gasteiger partial charge in [-0.25, -0.2) is 0 Å². The van der Waals surface area contributed by atoms with Gasteiger partial charge in [-0.3, -0.25) is 0 Å². The summed E-state index contributed by atoms with van der Waals surface area (Å²) in [6.45, 7) is 0.654. The zero-order valence-electron chi connectivity index (χ0n) is 6.59. The van der Waals surface area contributed by atoms with E-state index in [0.29, 0.717) is 12.5 Å². The fourth-order valence-electron chi connectivity index (χ4n) is 1.50. The highest BCUT2D eigenvalue weighted by Gasteiger charge is 2.46. The van der Waals surface area contributed by atoms with Crippen molar-refractivity contribution in [2.75, 3.05) is 20.8 Å². The van der Waals surface area contributed by atoms with Crippen LogP contribution in [-0.2, 0) is 9.47 Å². The van der Waals surface area contributed by atoms with Crippen LogP contribution in [0.25, 0.3) is 0 Å². The molecule has 2 N–H and O–H groups in total. The number of rotatable bonds is 3. The third kappa shape index (κ3) is 0.944. The Morgan fingerprint density at radius 1 is 1.50 bits per heavy atom. The van der Waals surface area contributed by atoms with Crippen LogP contribution in [0.1, 0.15) is 12.8 Å². The molecule has 0 amide bonds. The second-order valence-electron chi connectivity index (χ2n) is 2.69. The molecule has 0 aromatic carbocycles.